The number of carbonyl (C=O) groups is 1. The fourth-order valence-corrected chi connectivity index (χ4v) is 6.05. The number of amides is 1. The van der Waals surface area contributed by atoms with Crippen LogP contribution in [0.15, 0.2) is 83.8 Å². The van der Waals surface area contributed by atoms with Crippen molar-refractivity contribution >= 4 is 39.1 Å². The van der Waals surface area contributed by atoms with Crippen LogP contribution in [0.25, 0.3) is 0 Å². The van der Waals surface area contributed by atoms with Crippen molar-refractivity contribution in [2.45, 2.75) is 46.0 Å². The molecule has 1 aliphatic heterocycles. The third kappa shape index (κ3) is 7.37. The third-order valence-electron chi connectivity index (χ3n) is 8.03. The predicted molar refractivity (Wildman–Crippen MR) is 187 cm³/mol. The lowest BCUT2D eigenvalue weighted by Gasteiger charge is -2.23. The van der Waals surface area contributed by atoms with Gasteiger partial charge in [-0.15, -0.1) is 0 Å². The van der Waals surface area contributed by atoms with Gasteiger partial charge in [0.2, 0.25) is 0 Å². The summed E-state index contributed by atoms with van der Waals surface area (Å²) in [6, 6.07) is 19.0. The molecule has 0 saturated heterocycles. The number of anilines is 4. The molecular formula is C34H44N7O4S+. The highest BCUT2D eigenvalue weighted by molar-refractivity contribution is 7.98. The number of aryl methyl sites for hydroxylation is 1. The van der Waals surface area contributed by atoms with E-state index in [9.17, 15) is 13.6 Å². The first-order valence-electron chi connectivity index (χ1n) is 15.1. The molecule has 1 amide bonds. The summed E-state index contributed by atoms with van der Waals surface area (Å²) in [5.74, 6) is 6.84. The fraction of sp³-hybridized carbons (Fsp3) is 0.324. The minimum absolute atomic E-state index is 0.239. The molecule has 0 spiro atoms. The van der Waals surface area contributed by atoms with Gasteiger partial charge in [0.1, 0.15) is 5.69 Å². The van der Waals surface area contributed by atoms with Gasteiger partial charge in [-0.05, 0) is 76.9 Å². The molecule has 1 aliphatic carbocycles. The summed E-state index contributed by atoms with van der Waals surface area (Å²) in [6.07, 6.45) is 5.09. The number of ether oxygens (including phenoxy) is 1. The monoisotopic (exact) mass is 646 g/mol. The Morgan fingerprint density at radius 3 is 2.41 bits per heavy atom. The van der Waals surface area contributed by atoms with Gasteiger partial charge >= 0.3 is 10.4 Å². The quantitative estimate of drug-likeness (QED) is 0.0930. The molecule has 3 aromatic rings. The van der Waals surface area contributed by atoms with E-state index < -0.39 is 16.3 Å². The van der Waals surface area contributed by atoms with E-state index in [1.54, 1.807) is 24.4 Å². The molecular weight excluding hydrogens is 602 g/mol. The van der Waals surface area contributed by atoms with E-state index in [1.807, 2.05) is 58.0 Å². The van der Waals surface area contributed by atoms with Crippen LogP contribution in [0.4, 0.5) is 22.7 Å². The zero-order chi connectivity index (χ0) is 33.4. The Balaban J connectivity index is 1.44. The Morgan fingerprint density at radius 1 is 1.13 bits per heavy atom. The normalized spacial score (nSPS) is 16.7. The summed E-state index contributed by atoms with van der Waals surface area (Å²) >= 11 is 0. The first kappa shape index (κ1) is 33.0. The fourth-order valence-electron chi connectivity index (χ4n) is 5.49. The van der Waals surface area contributed by atoms with Crippen molar-refractivity contribution in [3.8, 4) is 5.75 Å². The van der Waals surface area contributed by atoms with Crippen molar-refractivity contribution in [1.29, 1.82) is 0 Å². The van der Waals surface area contributed by atoms with Gasteiger partial charge < -0.3 is 15.8 Å². The molecule has 0 aromatic heterocycles. The summed E-state index contributed by atoms with van der Waals surface area (Å²) in [5.41, 5.74) is 16.9. The van der Waals surface area contributed by atoms with Crippen molar-refractivity contribution in [2.24, 2.45) is 17.5 Å². The molecule has 244 valence electrons. The van der Waals surface area contributed by atoms with E-state index in [1.165, 1.54) is 24.1 Å². The van der Waals surface area contributed by atoms with E-state index in [2.05, 4.69) is 32.6 Å². The number of allylic oxidation sites excluding steroid dienone is 1. The SMILES string of the molecule is COc1c(NC(=O)c2ccc(C)c(N(N)/C=C(\N)C3=C(C4CC4)N(c4ccccc4)NC3)c2)cc(C(C)(C)C)cc1N[S+](C)(=O)O. The zero-order valence-electron chi connectivity index (χ0n) is 27.2. The van der Waals surface area contributed by atoms with Crippen LogP contribution in [-0.2, 0) is 20.0 Å². The zero-order valence-corrected chi connectivity index (χ0v) is 28.0. The number of hydrazine groups is 2. The van der Waals surface area contributed by atoms with E-state index in [0.717, 1.165) is 35.2 Å². The van der Waals surface area contributed by atoms with Crippen LogP contribution in [0, 0.1) is 12.8 Å². The number of nitrogens with one attached hydrogen (secondary N) is 3. The molecule has 2 aliphatic rings. The second kappa shape index (κ2) is 12.8. The number of hydrogen-bond donors (Lipinski definition) is 6. The Hall–Kier alpha value is -4.36. The minimum Gasteiger partial charge on any atom is -0.492 e. The Morgan fingerprint density at radius 2 is 1.80 bits per heavy atom. The smallest absolute Gasteiger partial charge is 0.307 e. The Kier molecular flexibility index (Phi) is 9.19. The first-order chi connectivity index (χ1) is 21.7. The Labute approximate surface area is 272 Å². The number of benzene rings is 3. The molecule has 1 fully saturated rings. The van der Waals surface area contributed by atoms with Crippen molar-refractivity contribution < 1.29 is 18.3 Å². The lowest BCUT2D eigenvalue weighted by Crippen LogP contribution is -2.32. The summed E-state index contributed by atoms with van der Waals surface area (Å²) in [6.45, 7) is 8.53. The number of methoxy groups -OCH3 is 1. The average molecular weight is 647 g/mol. The van der Waals surface area contributed by atoms with Gasteiger partial charge in [0, 0.05) is 35.5 Å². The van der Waals surface area contributed by atoms with E-state index >= 15 is 0 Å². The lowest BCUT2D eigenvalue weighted by atomic mass is 9.86. The molecule has 11 nitrogen and oxygen atoms in total. The van der Waals surface area contributed by atoms with Crippen LogP contribution in [0.5, 0.6) is 5.75 Å². The number of para-hydroxylation sites is 1. The maximum Gasteiger partial charge on any atom is 0.307 e. The largest absolute Gasteiger partial charge is 0.492 e. The number of carbonyl (C=O) groups excluding carboxylic acids is 1. The maximum absolute atomic E-state index is 13.6. The number of hydrogen-bond acceptors (Lipinski definition) is 8. The highest BCUT2D eigenvalue weighted by Gasteiger charge is 2.37. The van der Waals surface area contributed by atoms with Crippen molar-refractivity contribution in [3.05, 3.63) is 101 Å². The topological polar surface area (TPSA) is 158 Å². The van der Waals surface area contributed by atoms with Gasteiger partial charge in [0.15, 0.2) is 12.0 Å². The highest BCUT2D eigenvalue weighted by Crippen LogP contribution is 2.44. The van der Waals surface area contributed by atoms with Crippen molar-refractivity contribution in [2.75, 3.05) is 40.0 Å². The molecule has 46 heavy (non-hydrogen) atoms. The van der Waals surface area contributed by atoms with Crippen LogP contribution in [0.2, 0.25) is 0 Å². The lowest BCUT2D eigenvalue weighted by molar-refractivity contribution is 0.102. The Bertz CT molecular complexity index is 1740. The van der Waals surface area contributed by atoms with Crippen LogP contribution in [0.1, 0.15) is 55.1 Å². The van der Waals surface area contributed by atoms with Gasteiger partial charge in [0.05, 0.1) is 29.9 Å². The summed E-state index contributed by atoms with van der Waals surface area (Å²) < 4.78 is 30.5. The number of nitrogens with zero attached hydrogens (tertiary/aromatic N) is 2. The number of nitrogens with two attached hydrogens (primary N) is 2. The van der Waals surface area contributed by atoms with Gasteiger partial charge in [-0.3, -0.25) is 14.8 Å². The van der Waals surface area contributed by atoms with Crippen molar-refractivity contribution in [1.82, 2.24) is 5.43 Å². The highest BCUT2D eigenvalue weighted by atomic mass is 32.3. The standard InChI is InChI=1S/C34H43N7O4S/c1-21-12-13-23(33(42)38-28-17-24(34(2,3)4)18-29(32(28)45-5)39-46(6,43)44)16-30(21)40(36)20-27(35)26-19-37-41(31(26)22-14-15-22)25-10-8-7-9-11-25/h7-13,16-18,20,22,37H,14-15,19,35-36H2,1-6H3,(H2-,38,39,42,43,44)/p+1/b27-20-. The molecule has 1 saturated carbocycles. The molecule has 0 radical (unpaired) electrons. The van der Waals surface area contributed by atoms with Crippen LogP contribution < -0.4 is 41.8 Å². The molecule has 5 rings (SSSR count). The predicted octanol–water partition coefficient (Wildman–Crippen LogP) is 5.65. The molecule has 12 heteroatoms. The van der Waals surface area contributed by atoms with Crippen LogP contribution >= 0.6 is 0 Å². The maximum atomic E-state index is 13.6. The van der Waals surface area contributed by atoms with E-state index in [0.29, 0.717) is 40.8 Å². The summed E-state index contributed by atoms with van der Waals surface area (Å²) in [5, 5.41) is 6.50. The van der Waals surface area contributed by atoms with E-state index in [4.69, 9.17) is 16.3 Å². The average Bonchev–Trinajstić information content (AvgIpc) is 3.73. The van der Waals surface area contributed by atoms with Gasteiger partial charge in [-0.1, -0.05) is 45.0 Å². The van der Waals surface area contributed by atoms with E-state index in [-0.39, 0.29) is 11.2 Å². The molecule has 1 unspecified atom stereocenters. The molecule has 0 bridgehead atoms. The van der Waals surface area contributed by atoms with Gasteiger partial charge in [-0.25, -0.2) is 11.3 Å². The summed E-state index contributed by atoms with van der Waals surface area (Å²) in [4.78, 5) is 13.6. The van der Waals surface area contributed by atoms with Crippen molar-refractivity contribution in [3.63, 3.8) is 0 Å². The molecule has 3 aromatic carbocycles. The van der Waals surface area contributed by atoms with Crippen LogP contribution in [0.3, 0.4) is 0 Å². The number of rotatable bonds is 10. The molecule has 1 heterocycles. The third-order valence-corrected chi connectivity index (χ3v) is 8.62. The second-order valence-electron chi connectivity index (χ2n) is 12.9. The second-order valence-corrected chi connectivity index (χ2v) is 14.7. The molecule has 1 atom stereocenters. The van der Waals surface area contributed by atoms with Crippen LogP contribution in [-0.4, -0.2) is 30.4 Å². The van der Waals surface area contributed by atoms with Gasteiger partial charge in [0.25, 0.3) is 5.91 Å². The van der Waals surface area contributed by atoms with Gasteiger partial charge in [-0.2, -0.15) is 9.27 Å². The minimum atomic E-state index is -3.37. The molecule has 8 N–H and O–H groups in total. The summed E-state index contributed by atoms with van der Waals surface area (Å²) in [7, 11) is -1.92. The first-order valence-corrected chi connectivity index (χ1v) is 17.1.